The molecule has 0 saturated carbocycles. The van der Waals surface area contributed by atoms with Crippen LogP contribution in [0, 0.1) is 6.92 Å². The summed E-state index contributed by atoms with van der Waals surface area (Å²) < 4.78 is 11.9. The predicted octanol–water partition coefficient (Wildman–Crippen LogP) is 3.23. The lowest BCUT2D eigenvalue weighted by Gasteiger charge is -2.10. The van der Waals surface area contributed by atoms with Crippen LogP contribution in [-0.2, 0) is 0 Å². The second kappa shape index (κ2) is 3.50. The molecule has 0 aliphatic rings. The Bertz CT molecular complexity index is 460. The molecule has 0 amide bonds. The van der Waals surface area contributed by atoms with E-state index in [4.69, 9.17) is 9.47 Å². The molecular weight excluding hydrogens is 196 g/mol. The fourth-order valence-corrected chi connectivity index (χ4v) is 2.56. The number of methoxy groups -OCH3 is 2. The van der Waals surface area contributed by atoms with Gasteiger partial charge in [-0.15, -0.1) is 11.3 Å². The highest BCUT2D eigenvalue weighted by molar-refractivity contribution is 7.17. The van der Waals surface area contributed by atoms with E-state index < -0.39 is 0 Å². The summed E-state index contributed by atoms with van der Waals surface area (Å²) in [4.78, 5) is 0. The molecule has 0 bridgehead atoms. The first-order chi connectivity index (χ1) is 6.77. The average Bonchev–Trinajstić information content (AvgIpc) is 2.64. The lowest BCUT2D eigenvalue weighted by molar-refractivity contribution is 0.393. The van der Waals surface area contributed by atoms with Crippen molar-refractivity contribution in [2.24, 2.45) is 0 Å². The van der Waals surface area contributed by atoms with Crippen molar-refractivity contribution < 1.29 is 9.47 Å². The van der Waals surface area contributed by atoms with Gasteiger partial charge in [0.25, 0.3) is 0 Å². The van der Waals surface area contributed by atoms with Crippen molar-refractivity contribution in [2.45, 2.75) is 6.92 Å². The average molecular weight is 208 g/mol. The SMILES string of the molecule is COc1cc2ccsc2c(OC)c1C. The third-order valence-electron chi connectivity index (χ3n) is 2.32. The number of hydrogen-bond donors (Lipinski definition) is 0. The molecule has 0 unspecified atom stereocenters. The number of hydrogen-bond acceptors (Lipinski definition) is 3. The number of benzene rings is 1. The zero-order chi connectivity index (χ0) is 10.1. The van der Waals surface area contributed by atoms with Crippen LogP contribution in [0.2, 0.25) is 0 Å². The maximum Gasteiger partial charge on any atom is 0.143 e. The summed E-state index contributed by atoms with van der Waals surface area (Å²) >= 11 is 1.69. The van der Waals surface area contributed by atoms with Crippen LogP contribution in [0.4, 0.5) is 0 Å². The van der Waals surface area contributed by atoms with Crippen molar-refractivity contribution in [3.8, 4) is 11.5 Å². The zero-order valence-corrected chi connectivity index (χ0v) is 9.27. The first-order valence-corrected chi connectivity index (χ1v) is 5.24. The molecule has 3 heteroatoms. The van der Waals surface area contributed by atoms with Gasteiger partial charge in [0.05, 0.1) is 18.9 Å². The Morgan fingerprint density at radius 3 is 2.64 bits per heavy atom. The Morgan fingerprint density at radius 1 is 1.21 bits per heavy atom. The fraction of sp³-hybridized carbons (Fsp3) is 0.273. The lowest BCUT2D eigenvalue weighted by Crippen LogP contribution is -1.92. The van der Waals surface area contributed by atoms with Gasteiger partial charge in [-0.3, -0.25) is 0 Å². The Hall–Kier alpha value is -1.22. The molecule has 1 aromatic heterocycles. The summed E-state index contributed by atoms with van der Waals surface area (Å²) in [6.07, 6.45) is 0. The quantitative estimate of drug-likeness (QED) is 0.754. The molecule has 2 nitrogen and oxygen atoms in total. The molecule has 74 valence electrons. The van der Waals surface area contributed by atoms with Gasteiger partial charge in [0.1, 0.15) is 11.5 Å². The molecule has 0 spiro atoms. The smallest absolute Gasteiger partial charge is 0.143 e. The summed E-state index contributed by atoms with van der Waals surface area (Å²) in [6, 6.07) is 4.12. The maximum atomic E-state index is 5.39. The standard InChI is InChI=1S/C11H12O2S/c1-7-9(12-2)6-8-4-5-14-11(8)10(7)13-3/h4-6H,1-3H3. The largest absolute Gasteiger partial charge is 0.496 e. The third-order valence-corrected chi connectivity index (χ3v) is 3.25. The molecule has 14 heavy (non-hydrogen) atoms. The van der Waals surface area contributed by atoms with E-state index in [0.717, 1.165) is 17.1 Å². The second-order valence-electron chi connectivity index (χ2n) is 3.08. The first kappa shape index (κ1) is 9.34. The first-order valence-electron chi connectivity index (χ1n) is 4.36. The van der Waals surface area contributed by atoms with Gasteiger partial charge in [-0.05, 0) is 29.8 Å². The Kier molecular flexibility index (Phi) is 2.33. The predicted molar refractivity (Wildman–Crippen MR) is 59.7 cm³/mol. The number of ether oxygens (including phenoxy) is 2. The molecule has 2 aromatic rings. The second-order valence-corrected chi connectivity index (χ2v) is 3.99. The van der Waals surface area contributed by atoms with Gasteiger partial charge in [-0.1, -0.05) is 0 Å². The van der Waals surface area contributed by atoms with Crippen molar-refractivity contribution in [3.63, 3.8) is 0 Å². The molecule has 0 fully saturated rings. The van der Waals surface area contributed by atoms with Crippen LogP contribution < -0.4 is 9.47 Å². The summed E-state index contributed by atoms with van der Waals surface area (Å²) in [5, 5.41) is 3.24. The Morgan fingerprint density at radius 2 is 2.00 bits per heavy atom. The van der Waals surface area contributed by atoms with Gasteiger partial charge in [0, 0.05) is 5.56 Å². The van der Waals surface area contributed by atoms with Crippen molar-refractivity contribution in [2.75, 3.05) is 14.2 Å². The normalized spacial score (nSPS) is 10.5. The highest BCUT2D eigenvalue weighted by atomic mass is 32.1. The summed E-state index contributed by atoms with van der Waals surface area (Å²) in [7, 11) is 3.38. The fourth-order valence-electron chi connectivity index (χ4n) is 1.61. The highest BCUT2D eigenvalue weighted by Crippen LogP contribution is 2.38. The maximum absolute atomic E-state index is 5.39. The third kappa shape index (κ3) is 1.24. The van der Waals surface area contributed by atoms with Crippen LogP contribution in [-0.4, -0.2) is 14.2 Å². The molecule has 0 aliphatic heterocycles. The van der Waals surface area contributed by atoms with Crippen molar-refractivity contribution in [1.29, 1.82) is 0 Å². The van der Waals surface area contributed by atoms with E-state index in [-0.39, 0.29) is 0 Å². The van der Waals surface area contributed by atoms with E-state index in [9.17, 15) is 0 Å². The van der Waals surface area contributed by atoms with E-state index in [1.165, 1.54) is 10.1 Å². The molecule has 1 heterocycles. The van der Waals surface area contributed by atoms with Gasteiger partial charge >= 0.3 is 0 Å². The van der Waals surface area contributed by atoms with Crippen LogP contribution in [0.1, 0.15) is 5.56 Å². The summed E-state index contributed by atoms with van der Waals surface area (Å²) in [5.74, 6) is 1.81. The minimum Gasteiger partial charge on any atom is -0.496 e. The van der Waals surface area contributed by atoms with E-state index in [0.29, 0.717) is 0 Å². The van der Waals surface area contributed by atoms with Crippen molar-refractivity contribution >= 4 is 21.4 Å². The minimum absolute atomic E-state index is 0.882. The van der Waals surface area contributed by atoms with E-state index in [1.807, 2.05) is 13.0 Å². The van der Waals surface area contributed by atoms with Gasteiger partial charge < -0.3 is 9.47 Å². The van der Waals surface area contributed by atoms with Crippen LogP contribution >= 0.6 is 11.3 Å². The molecule has 0 atom stereocenters. The molecule has 2 rings (SSSR count). The number of fused-ring (bicyclic) bond motifs is 1. The molecule has 0 saturated heterocycles. The van der Waals surface area contributed by atoms with E-state index in [1.54, 1.807) is 25.6 Å². The topological polar surface area (TPSA) is 18.5 Å². The Labute approximate surface area is 87.1 Å². The van der Waals surface area contributed by atoms with Crippen molar-refractivity contribution in [1.82, 2.24) is 0 Å². The Balaban J connectivity index is 2.80. The lowest BCUT2D eigenvalue weighted by atomic mass is 10.1. The summed E-state index contributed by atoms with van der Waals surface area (Å²) in [6.45, 7) is 2.01. The van der Waals surface area contributed by atoms with Crippen LogP contribution in [0.5, 0.6) is 11.5 Å². The van der Waals surface area contributed by atoms with Gasteiger partial charge in [-0.25, -0.2) is 0 Å². The van der Waals surface area contributed by atoms with Crippen LogP contribution in [0.3, 0.4) is 0 Å². The van der Waals surface area contributed by atoms with Crippen molar-refractivity contribution in [3.05, 3.63) is 23.1 Å². The van der Waals surface area contributed by atoms with Gasteiger partial charge in [0.2, 0.25) is 0 Å². The highest BCUT2D eigenvalue weighted by Gasteiger charge is 2.11. The van der Waals surface area contributed by atoms with Crippen LogP contribution in [0.15, 0.2) is 17.5 Å². The molecule has 0 aliphatic carbocycles. The number of rotatable bonds is 2. The van der Waals surface area contributed by atoms with Crippen LogP contribution in [0.25, 0.3) is 10.1 Å². The summed E-state index contributed by atoms with van der Waals surface area (Å²) in [5.41, 5.74) is 1.06. The zero-order valence-electron chi connectivity index (χ0n) is 8.46. The molecule has 1 aromatic carbocycles. The van der Waals surface area contributed by atoms with E-state index in [2.05, 4.69) is 11.4 Å². The van der Waals surface area contributed by atoms with E-state index >= 15 is 0 Å². The molecule has 0 radical (unpaired) electrons. The monoisotopic (exact) mass is 208 g/mol. The molecular formula is C11H12O2S. The molecule has 0 N–H and O–H groups in total. The van der Waals surface area contributed by atoms with Gasteiger partial charge in [-0.2, -0.15) is 0 Å². The van der Waals surface area contributed by atoms with Gasteiger partial charge in [0.15, 0.2) is 0 Å². The number of thiophene rings is 1. The minimum atomic E-state index is 0.882.